The number of carbonyl (C=O) groups is 3. The first-order chi connectivity index (χ1) is 65.4. The fourth-order valence-electron chi connectivity index (χ4n) is 9.95. The molecule has 6 aromatic rings. The number of rotatable bonds is 20. The predicted octanol–water partition coefficient (Wildman–Crippen LogP) is 7.98. The summed E-state index contributed by atoms with van der Waals surface area (Å²) < 4.78 is 58.8. The third kappa shape index (κ3) is 34.6. The smallest absolute Gasteiger partial charge is 0.306 e. The molecule has 2 aromatic heterocycles. The number of nitrogens with zero attached hydrogens (tertiary/aromatic N) is 3. The highest BCUT2D eigenvalue weighted by Gasteiger charge is 2.54. The minimum Gasteiger partial charge on any atom is -0.497 e. The Morgan fingerprint density at radius 3 is 1.15 bits per heavy atom. The molecule has 4 atom stereocenters. The number of hydrogen-bond acceptors (Lipinski definition) is 15. The average Bonchev–Trinajstić information content (AvgIpc) is 1.52. The molecule has 1 saturated heterocycles. The van der Waals surface area contributed by atoms with Crippen molar-refractivity contribution in [3.05, 3.63) is 130 Å². The normalized spacial score (nSPS) is 10.9. The largest absolute Gasteiger partial charge is 0.497 e. The van der Waals surface area contributed by atoms with Gasteiger partial charge in [0.05, 0.1) is 33.6 Å². The Balaban J connectivity index is 1.32. The second-order valence-electron chi connectivity index (χ2n) is 26.0. The molecule has 0 saturated carbocycles. The van der Waals surface area contributed by atoms with E-state index in [1.54, 1.807) is 14.2 Å². The number of ketones is 1. The van der Waals surface area contributed by atoms with Crippen LogP contribution in [0.25, 0.3) is 11.2 Å². The van der Waals surface area contributed by atoms with Crippen molar-refractivity contribution in [1.82, 2.24) is 19.5 Å². The zero-order chi connectivity index (χ0) is 95.8. The van der Waals surface area contributed by atoms with Gasteiger partial charge in [-0.3, -0.25) is 29.3 Å². The van der Waals surface area contributed by atoms with Crippen molar-refractivity contribution in [2.45, 2.75) is 88.8 Å². The lowest BCUT2D eigenvalue weighted by Crippen LogP contribution is -2.50. The molecule has 0 bridgehead atoms. The fraction of sp³-hybridized carbons (Fsp3) is 0.148. The van der Waals surface area contributed by atoms with Gasteiger partial charge in [0.15, 0.2) is 43.3 Å². The highest BCUT2D eigenvalue weighted by atomic mass is 28.4. The zero-order valence-electron chi connectivity index (χ0n) is 72.0. The van der Waals surface area contributed by atoms with Crippen molar-refractivity contribution in [2.24, 2.45) is 0 Å². The van der Waals surface area contributed by atoms with E-state index < -0.39 is 66.9 Å². The van der Waals surface area contributed by atoms with E-state index in [0.717, 1.165) is 0 Å². The van der Waals surface area contributed by atoms with E-state index >= 15 is 4.79 Å². The van der Waals surface area contributed by atoms with Gasteiger partial charge >= 0.3 is 5.97 Å². The number of Topliss-reactive ketones (excluding diaryl/α,β-unsaturated/α-hetero) is 1. The quantitative estimate of drug-likeness (QED) is 0.0321. The maximum Gasteiger partial charge on any atom is 0.306 e. The number of benzene rings is 4. The van der Waals surface area contributed by atoms with Crippen molar-refractivity contribution >= 4 is 43.1 Å². The lowest BCUT2D eigenvalue weighted by atomic mass is 9.80. The van der Waals surface area contributed by atoms with Crippen LogP contribution in [0.5, 0.6) is 28.7 Å². The van der Waals surface area contributed by atoms with Crippen LogP contribution < -0.4 is 34.6 Å². The third-order valence-electron chi connectivity index (χ3n) is 16.5. The third-order valence-corrected chi connectivity index (χ3v) is 21.0. The number of esters is 1. The Labute approximate surface area is 780 Å². The lowest BCUT2D eigenvalue weighted by molar-refractivity contribution is -0.159. The molecule has 1 aliphatic rings. The van der Waals surface area contributed by atoms with Crippen LogP contribution in [-0.4, -0.2) is 84.6 Å². The van der Waals surface area contributed by atoms with Gasteiger partial charge in [-0.05, 0) is 220 Å². The molecule has 622 valence electrons. The summed E-state index contributed by atoms with van der Waals surface area (Å²) in [4.78, 5) is 68.2. The van der Waals surface area contributed by atoms with Crippen LogP contribution in [-0.2, 0) is 33.8 Å². The highest BCUT2D eigenvalue weighted by molar-refractivity contribution is 6.74. The number of aromatic nitrogens is 4. The van der Waals surface area contributed by atoms with Gasteiger partial charge in [-0.25, -0.2) is 4.98 Å². The molecular formula is C115H55N5O13Si. The van der Waals surface area contributed by atoms with Gasteiger partial charge in [0.1, 0.15) is 53.4 Å². The number of aromatic amines is 1. The van der Waals surface area contributed by atoms with Crippen molar-refractivity contribution < 1.29 is 56.7 Å². The topological polar surface area (TPSA) is 210 Å². The maximum atomic E-state index is 15.0. The molecule has 134 heavy (non-hydrogen) atoms. The van der Waals surface area contributed by atoms with E-state index in [2.05, 4.69) is 389 Å². The minimum absolute atomic E-state index is 0.133. The summed E-state index contributed by atoms with van der Waals surface area (Å²) >= 11 is 0. The maximum absolute atomic E-state index is 15.0. The fourth-order valence-corrected chi connectivity index (χ4v) is 11.2. The summed E-state index contributed by atoms with van der Waals surface area (Å²) in [7, 11) is 0.126. The monoisotopic (exact) mass is 1740 g/mol. The molecule has 1 unspecified atom stereocenters. The summed E-state index contributed by atoms with van der Waals surface area (Å²) in [5, 5.41) is 2.16. The molecule has 3 heterocycles. The van der Waals surface area contributed by atoms with E-state index in [1.165, 1.54) is 30.0 Å². The second kappa shape index (κ2) is 57.0. The number of carbonyl (C=O) groups excluding carboxylic acids is 3. The van der Waals surface area contributed by atoms with Gasteiger partial charge in [-0.2, -0.15) is 4.98 Å². The van der Waals surface area contributed by atoms with Crippen LogP contribution in [0.15, 0.2) is 102 Å². The molecule has 1 aliphatic heterocycles. The molecule has 0 spiro atoms. The molecule has 4 aromatic carbocycles. The Morgan fingerprint density at radius 2 is 0.806 bits per heavy atom. The van der Waals surface area contributed by atoms with Crippen molar-refractivity contribution in [3.8, 4) is 422 Å². The van der Waals surface area contributed by atoms with Gasteiger partial charge in [-0.15, -0.1) is 19.3 Å². The predicted molar refractivity (Wildman–Crippen MR) is 508 cm³/mol. The van der Waals surface area contributed by atoms with E-state index in [9.17, 15) is 14.4 Å². The number of anilines is 1. The standard InChI is InChI=1S/C115H55N5O13Si/c1-12-15-18-21-24-27-30-33-36-39-42-45-48-51-54-57-60-63-66-72-87-127-101-90-95(91-102(128-88-73-67-64-61-58-55-52-49-46-43-40-37-34-31-28-25-22-19-16-13-2)106(101)129-89-74-68-65-62-59-56-53-50-47-44-41-38-35-32-29-26-23-20-17-14-3)110(123)118-113-117-109-105(111(124)119-113)116-93-120(109)112-108(133-134(10,11)114(5,6)7)107(132-104(122)86-77-94(4)121)103(131-112)92-130-115(96-75-70-69-71-76-96,97-78-82-99(125-8)83-79-97)98-80-84-100(126-9)85-81-98/h1-3,69-71,75-76,78-85,90-91,93,103,107-108,112H,77,86,92H2,4-11H3,(H2,117,118,119,123,124)/t103-,107+,108?,112-/m1/s1. The zero-order valence-corrected chi connectivity index (χ0v) is 73.0. The first-order valence-electron chi connectivity index (χ1n) is 38.2. The number of ether oxygens (including phenoxy) is 8. The van der Waals surface area contributed by atoms with Gasteiger partial charge < -0.3 is 47.1 Å². The van der Waals surface area contributed by atoms with Crippen LogP contribution in [0.1, 0.15) is 73.8 Å². The summed E-state index contributed by atoms with van der Waals surface area (Å²) in [6, 6.07) is 26.6. The highest BCUT2D eigenvalue weighted by Crippen LogP contribution is 2.47. The summed E-state index contributed by atoms with van der Waals surface area (Å²) in [6.45, 7) is 11.1. The van der Waals surface area contributed by atoms with Crippen molar-refractivity contribution in [2.75, 3.05) is 26.1 Å². The average molecular weight is 1740 g/mol. The number of H-pyrrole nitrogens is 1. The number of terminal acetylenes is 3. The van der Waals surface area contributed by atoms with Crippen molar-refractivity contribution in [1.29, 1.82) is 0 Å². The number of fused-ring (bicyclic) bond motifs is 1. The van der Waals surface area contributed by atoms with Crippen LogP contribution in [0.4, 0.5) is 5.95 Å². The van der Waals surface area contributed by atoms with Gasteiger partial charge in [-0.1, -0.05) is 75.4 Å². The Morgan fingerprint density at radius 1 is 0.463 bits per heavy atom. The molecule has 7 rings (SSSR count). The van der Waals surface area contributed by atoms with E-state index in [4.69, 9.17) is 66.6 Å². The number of methoxy groups -OCH3 is 2. The van der Waals surface area contributed by atoms with Crippen LogP contribution in [0.3, 0.4) is 0 Å². The Bertz CT molecular complexity index is 7850. The van der Waals surface area contributed by atoms with Crippen LogP contribution in [0.2, 0.25) is 18.1 Å². The van der Waals surface area contributed by atoms with Crippen molar-refractivity contribution in [3.63, 3.8) is 0 Å². The summed E-state index contributed by atoms with van der Waals surface area (Å²) in [5.41, 5.74) is -0.857. The molecule has 1 amide bonds. The van der Waals surface area contributed by atoms with Gasteiger partial charge in [0, 0.05) is 225 Å². The summed E-state index contributed by atoms with van der Waals surface area (Å²) in [5.74, 6) is 145. The minimum atomic E-state index is -2.99. The molecule has 1 fully saturated rings. The Hall–Kier alpha value is -21.6. The lowest BCUT2D eigenvalue weighted by Gasteiger charge is -2.40. The van der Waals surface area contributed by atoms with Crippen LogP contribution >= 0.6 is 0 Å². The SMILES string of the molecule is C#CC#CC#CC#CC#CC#CC#CC#CC#CC#CC#COc1cc(C(=O)Nc2nc3c(ncn3[C@@H]3O[C@H](COC(c4ccccc4)(c4ccc(OC)cc4)c4ccc(OC)cc4)[C@H](OC(=O)CCC(C)=O)C3O[Si](C)(C)C(C)(C)C)c(=O)[nH]2)cc(OC#CC#CC#CC#CC#CC#CC#CC#CC#CC#CC#C)c1OC#CC#CC#CC#CC#CC#CC#CC#CC#CC#CC#C. The molecule has 0 aliphatic carbocycles. The van der Waals surface area contributed by atoms with Gasteiger partial charge in [0.2, 0.25) is 11.7 Å². The first-order valence-corrected chi connectivity index (χ1v) is 41.1. The van der Waals surface area contributed by atoms with Gasteiger partial charge in [0.25, 0.3) is 11.5 Å². The molecule has 19 heteroatoms. The number of hydrogen-bond donors (Lipinski definition) is 2. The van der Waals surface area contributed by atoms with Crippen LogP contribution in [0, 0.1) is 393 Å². The number of amides is 1. The van der Waals surface area contributed by atoms with E-state index in [1.807, 2.05) is 113 Å². The summed E-state index contributed by atoms with van der Waals surface area (Å²) in [6.07, 6.45) is 18.2. The number of imidazole rings is 1. The number of nitrogens with one attached hydrogen (secondary N) is 2. The first kappa shape index (κ1) is 99.5. The molecule has 18 nitrogen and oxygen atoms in total. The van der Waals surface area contributed by atoms with E-state index in [-0.39, 0.29) is 59.2 Å². The molecule has 0 radical (unpaired) electrons. The Kier molecular flexibility index (Phi) is 42.3. The molecular weight excluding hydrogens is 1690 g/mol. The van der Waals surface area contributed by atoms with E-state index in [0.29, 0.717) is 28.2 Å². The molecule has 2 N–H and O–H groups in total. The second-order valence-corrected chi connectivity index (χ2v) is 30.8.